The Hall–Kier alpha value is -3.48. The molecule has 0 saturated heterocycles. The molecule has 0 unspecified atom stereocenters. The van der Waals surface area contributed by atoms with Crippen LogP contribution in [0.15, 0.2) is 42.5 Å². The lowest BCUT2D eigenvalue weighted by atomic mass is 10.1. The van der Waals surface area contributed by atoms with E-state index in [2.05, 4.69) is 0 Å². The topological polar surface area (TPSA) is 121 Å². The summed E-state index contributed by atoms with van der Waals surface area (Å²) in [6, 6.07) is 13.1. The molecule has 0 bridgehead atoms. The van der Waals surface area contributed by atoms with Crippen LogP contribution in [0.3, 0.4) is 0 Å². The predicted octanol–water partition coefficient (Wildman–Crippen LogP) is 2.07. The second kappa shape index (κ2) is 7.41. The first-order valence-electron chi connectivity index (χ1n) is 8.45. The number of anilines is 1. The van der Waals surface area contributed by atoms with E-state index in [1.54, 1.807) is 12.1 Å². The number of hydrogen-bond donors (Lipinski definition) is 3. The number of hydrogen-bond acceptors (Lipinski definition) is 4. The summed E-state index contributed by atoms with van der Waals surface area (Å²) in [6.07, 6.45) is 0.0109. The fourth-order valence-electron chi connectivity index (χ4n) is 3.30. The molecule has 7 nitrogen and oxygen atoms in total. The van der Waals surface area contributed by atoms with E-state index in [9.17, 15) is 9.59 Å². The SMILES string of the molecule is Cc1c(CC(N)=O)c2c(OCC(=O)O)ccc(N)c2n1Cc1ccccc1. The van der Waals surface area contributed by atoms with E-state index in [0.29, 0.717) is 34.4 Å². The average Bonchev–Trinajstić information content (AvgIpc) is 2.88. The van der Waals surface area contributed by atoms with Gasteiger partial charge in [0.2, 0.25) is 5.91 Å². The summed E-state index contributed by atoms with van der Waals surface area (Å²) in [5.74, 6) is -1.20. The van der Waals surface area contributed by atoms with Crippen molar-refractivity contribution in [2.45, 2.75) is 19.9 Å². The smallest absolute Gasteiger partial charge is 0.341 e. The van der Waals surface area contributed by atoms with Gasteiger partial charge in [-0.05, 0) is 30.2 Å². The van der Waals surface area contributed by atoms with Gasteiger partial charge in [0.25, 0.3) is 0 Å². The number of carboxylic acid groups (broad SMARTS) is 1. The molecule has 140 valence electrons. The molecule has 3 aromatic rings. The molecule has 0 aliphatic heterocycles. The number of aromatic nitrogens is 1. The van der Waals surface area contributed by atoms with Crippen molar-refractivity contribution >= 4 is 28.5 Å². The quantitative estimate of drug-likeness (QED) is 0.552. The molecule has 7 heteroatoms. The first kappa shape index (κ1) is 18.3. The average molecular weight is 367 g/mol. The number of carbonyl (C=O) groups excluding carboxylic acids is 1. The van der Waals surface area contributed by atoms with Crippen LogP contribution >= 0.6 is 0 Å². The number of nitrogens with two attached hydrogens (primary N) is 2. The summed E-state index contributed by atoms with van der Waals surface area (Å²) >= 11 is 0. The van der Waals surface area contributed by atoms with Crippen LogP contribution in [0.4, 0.5) is 5.69 Å². The lowest BCUT2D eigenvalue weighted by Gasteiger charge is -2.11. The Kier molecular flexibility index (Phi) is 5.03. The molecule has 0 aliphatic carbocycles. The van der Waals surface area contributed by atoms with Gasteiger partial charge < -0.3 is 25.9 Å². The summed E-state index contributed by atoms with van der Waals surface area (Å²) in [5.41, 5.74) is 15.5. The van der Waals surface area contributed by atoms with Gasteiger partial charge in [0, 0.05) is 17.6 Å². The maximum Gasteiger partial charge on any atom is 0.341 e. The van der Waals surface area contributed by atoms with Crippen molar-refractivity contribution in [1.29, 1.82) is 0 Å². The van der Waals surface area contributed by atoms with E-state index in [1.807, 2.05) is 41.8 Å². The number of fused-ring (bicyclic) bond motifs is 1. The highest BCUT2D eigenvalue weighted by Crippen LogP contribution is 2.38. The Morgan fingerprint density at radius 2 is 1.85 bits per heavy atom. The monoisotopic (exact) mass is 367 g/mol. The number of nitrogen functional groups attached to an aromatic ring is 1. The zero-order valence-corrected chi connectivity index (χ0v) is 14.9. The van der Waals surface area contributed by atoms with Crippen molar-refractivity contribution in [3.63, 3.8) is 0 Å². The number of aliphatic carboxylic acids is 1. The van der Waals surface area contributed by atoms with E-state index in [4.69, 9.17) is 21.3 Å². The Morgan fingerprint density at radius 3 is 2.48 bits per heavy atom. The first-order chi connectivity index (χ1) is 12.9. The zero-order chi connectivity index (χ0) is 19.6. The molecule has 3 rings (SSSR count). The van der Waals surface area contributed by atoms with E-state index in [-0.39, 0.29) is 6.42 Å². The number of primary amides is 1. The van der Waals surface area contributed by atoms with Crippen molar-refractivity contribution in [2.75, 3.05) is 12.3 Å². The van der Waals surface area contributed by atoms with Crippen molar-refractivity contribution in [3.8, 4) is 5.75 Å². The van der Waals surface area contributed by atoms with Gasteiger partial charge in [-0.3, -0.25) is 4.79 Å². The highest BCUT2D eigenvalue weighted by molar-refractivity contribution is 6.00. The van der Waals surface area contributed by atoms with Gasteiger partial charge in [-0.15, -0.1) is 0 Å². The lowest BCUT2D eigenvalue weighted by molar-refractivity contribution is -0.139. The van der Waals surface area contributed by atoms with Gasteiger partial charge in [-0.2, -0.15) is 0 Å². The molecule has 0 aliphatic rings. The number of carboxylic acids is 1. The van der Waals surface area contributed by atoms with Crippen LogP contribution in [0.25, 0.3) is 10.9 Å². The minimum atomic E-state index is -1.09. The van der Waals surface area contributed by atoms with Gasteiger partial charge in [-0.25, -0.2) is 4.79 Å². The Balaban J connectivity index is 2.22. The summed E-state index contributed by atoms with van der Waals surface area (Å²) in [7, 11) is 0. The molecule has 0 atom stereocenters. The van der Waals surface area contributed by atoms with E-state index >= 15 is 0 Å². The number of ether oxygens (including phenoxy) is 1. The number of carbonyl (C=O) groups is 2. The van der Waals surface area contributed by atoms with Gasteiger partial charge in [0.15, 0.2) is 6.61 Å². The fraction of sp³-hybridized carbons (Fsp3) is 0.200. The van der Waals surface area contributed by atoms with Crippen LogP contribution in [0.2, 0.25) is 0 Å². The maximum atomic E-state index is 11.6. The van der Waals surface area contributed by atoms with Crippen molar-refractivity contribution in [2.24, 2.45) is 5.73 Å². The standard InChI is InChI=1S/C20H21N3O4/c1-12-14(9-17(22)24)19-16(27-11-18(25)26)8-7-15(21)20(19)23(12)10-13-5-3-2-4-6-13/h2-8H,9-11,21H2,1H3,(H2,22,24)(H,25,26). The third-order valence-electron chi connectivity index (χ3n) is 4.47. The molecule has 1 amide bonds. The number of rotatable bonds is 7. The molecule has 27 heavy (non-hydrogen) atoms. The second-order valence-corrected chi connectivity index (χ2v) is 6.34. The number of nitrogens with zero attached hydrogens (tertiary/aromatic N) is 1. The largest absolute Gasteiger partial charge is 0.481 e. The lowest BCUT2D eigenvalue weighted by Crippen LogP contribution is -2.15. The fourth-order valence-corrected chi connectivity index (χ4v) is 3.30. The Labute approximate surface area is 156 Å². The second-order valence-electron chi connectivity index (χ2n) is 6.34. The van der Waals surface area contributed by atoms with Gasteiger partial charge in [-0.1, -0.05) is 30.3 Å². The maximum absolute atomic E-state index is 11.6. The summed E-state index contributed by atoms with van der Waals surface area (Å²) in [5, 5.41) is 9.57. The molecule has 0 radical (unpaired) electrons. The highest BCUT2D eigenvalue weighted by atomic mass is 16.5. The predicted molar refractivity (Wildman–Crippen MR) is 103 cm³/mol. The van der Waals surface area contributed by atoms with Crippen LogP contribution in [-0.4, -0.2) is 28.2 Å². The van der Waals surface area contributed by atoms with E-state index < -0.39 is 18.5 Å². The third-order valence-corrected chi connectivity index (χ3v) is 4.47. The third kappa shape index (κ3) is 3.72. The van der Waals surface area contributed by atoms with Crippen LogP contribution in [0.5, 0.6) is 5.75 Å². The molecule has 5 N–H and O–H groups in total. The molecule has 1 heterocycles. The van der Waals surface area contributed by atoms with E-state index in [1.165, 1.54) is 0 Å². The van der Waals surface area contributed by atoms with Crippen molar-refractivity contribution < 1.29 is 19.4 Å². The first-order valence-corrected chi connectivity index (χ1v) is 8.45. The van der Waals surface area contributed by atoms with Crippen LogP contribution in [0.1, 0.15) is 16.8 Å². The number of benzene rings is 2. The highest BCUT2D eigenvalue weighted by Gasteiger charge is 2.21. The Bertz CT molecular complexity index is 1010. The van der Waals surface area contributed by atoms with Gasteiger partial charge in [0.05, 0.1) is 17.6 Å². The van der Waals surface area contributed by atoms with Crippen LogP contribution in [0, 0.1) is 6.92 Å². The van der Waals surface area contributed by atoms with Crippen molar-refractivity contribution in [1.82, 2.24) is 4.57 Å². The van der Waals surface area contributed by atoms with Crippen LogP contribution < -0.4 is 16.2 Å². The van der Waals surface area contributed by atoms with E-state index in [0.717, 1.165) is 11.3 Å². The summed E-state index contributed by atoms with van der Waals surface area (Å²) < 4.78 is 7.46. The molecule has 1 aromatic heterocycles. The summed E-state index contributed by atoms with van der Waals surface area (Å²) in [6.45, 7) is 1.95. The number of amides is 1. The van der Waals surface area contributed by atoms with Crippen LogP contribution in [-0.2, 0) is 22.6 Å². The normalized spacial score (nSPS) is 10.9. The molecule has 0 fully saturated rings. The molecule has 2 aromatic carbocycles. The van der Waals surface area contributed by atoms with Crippen molar-refractivity contribution in [3.05, 3.63) is 59.3 Å². The zero-order valence-electron chi connectivity index (χ0n) is 14.9. The minimum Gasteiger partial charge on any atom is -0.481 e. The van der Waals surface area contributed by atoms with Gasteiger partial charge >= 0.3 is 5.97 Å². The molecular formula is C20H21N3O4. The molecule has 0 spiro atoms. The molecule has 0 saturated carbocycles. The van der Waals surface area contributed by atoms with Gasteiger partial charge in [0.1, 0.15) is 5.75 Å². The molecular weight excluding hydrogens is 346 g/mol. The minimum absolute atomic E-state index is 0.0109. The Morgan fingerprint density at radius 1 is 1.15 bits per heavy atom. The summed E-state index contributed by atoms with van der Waals surface area (Å²) in [4.78, 5) is 22.6.